The molecule has 4 rings (SSSR count). The number of hydrogen-bond acceptors (Lipinski definition) is 6. The second-order valence-electron chi connectivity index (χ2n) is 7.41. The van der Waals surface area contributed by atoms with E-state index in [9.17, 15) is 10.1 Å². The fourth-order valence-corrected chi connectivity index (χ4v) is 3.13. The number of nitriles is 1. The molecule has 1 N–H and O–H groups in total. The Morgan fingerprint density at radius 3 is 2.74 bits per heavy atom. The molecule has 2 heterocycles. The molecule has 0 aliphatic carbocycles. The van der Waals surface area contributed by atoms with Crippen LogP contribution in [-0.4, -0.2) is 34.0 Å². The lowest BCUT2D eigenvalue weighted by Crippen LogP contribution is -2.15. The number of amides is 1. The monoisotopic (exact) mass is 415 g/mol. The average Bonchev–Trinajstić information content (AvgIpc) is 3.14. The number of carbonyl (C=O) groups is 1. The predicted octanol–water partition coefficient (Wildman–Crippen LogP) is 4.05. The molecule has 1 amide bonds. The summed E-state index contributed by atoms with van der Waals surface area (Å²) < 4.78 is 12.8. The summed E-state index contributed by atoms with van der Waals surface area (Å²) in [4.78, 5) is 21.7. The number of carbonyl (C=O) groups excluding carboxylic acids is 1. The Bertz CT molecular complexity index is 1320. The Balaban J connectivity index is 1.65. The zero-order valence-corrected chi connectivity index (χ0v) is 17.4. The van der Waals surface area contributed by atoms with Crippen molar-refractivity contribution in [3.8, 4) is 17.6 Å². The van der Waals surface area contributed by atoms with Crippen molar-refractivity contribution in [2.75, 3.05) is 19.0 Å². The van der Waals surface area contributed by atoms with Gasteiger partial charge >= 0.3 is 0 Å². The maximum atomic E-state index is 12.9. The first-order chi connectivity index (χ1) is 15.0. The van der Waals surface area contributed by atoms with Crippen LogP contribution in [0.3, 0.4) is 0 Å². The van der Waals surface area contributed by atoms with E-state index in [-0.39, 0.29) is 11.4 Å². The molecular weight excluding hydrogens is 394 g/mol. The van der Waals surface area contributed by atoms with Gasteiger partial charge in [-0.25, -0.2) is 4.98 Å². The number of nitrogens with zero attached hydrogens (tertiary/aromatic N) is 4. The summed E-state index contributed by atoms with van der Waals surface area (Å²) in [5.41, 5.74) is 2.17. The lowest BCUT2D eigenvalue weighted by molar-refractivity contribution is 0.102. The number of rotatable bonds is 6. The van der Waals surface area contributed by atoms with Crippen LogP contribution in [0.1, 0.15) is 29.8 Å². The number of aromatic nitrogens is 3. The van der Waals surface area contributed by atoms with Crippen molar-refractivity contribution < 1.29 is 14.3 Å². The molecule has 2 aromatic carbocycles. The van der Waals surface area contributed by atoms with Crippen LogP contribution in [0.2, 0.25) is 0 Å². The van der Waals surface area contributed by atoms with Gasteiger partial charge in [-0.05, 0) is 36.2 Å². The first kappa shape index (κ1) is 20.2. The zero-order valence-electron chi connectivity index (χ0n) is 17.4. The van der Waals surface area contributed by atoms with Crippen LogP contribution < -0.4 is 14.8 Å². The first-order valence-electron chi connectivity index (χ1n) is 9.80. The smallest absolute Gasteiger partial charge is 0.256 e. The minimum atomic E-state index is -0.418. The molecule has 0 bridgehead atoms. The number of fused-ring (bicyclic) bond motifs is 3. The largest absolute Gasteiger partial charge is 0.493 e. The van der Waals surface area contributed by atoms with Crippen molar-refractivity contribution in [3.63, 3.8) is 0 Å². The van der Waals surface area contributed by atoms with Gasteiger partial charge in [0, 0.05) is 11.8 Å². The van der Waals surface area contributed by atoms with Gasteiger partial charge in [0.05, 0.1) is 24.8 Å². The Morgan fingerprint density at radius 1 is 1.19 bits per heavy atom. The molecule has 0 aliphatic heterocycles. The molecule has 0 spiro atoms. The van der Waals surface area contributed by atoms with Gasteiger partial charge in [0.2, 0.25) is 5.78 Å². The predicted molar refractivity (Wildman–Crippen MR) is 116 cm³/mol. The molecule has 4 aromatic rings. The van der Waals surface area contributed by atoms with E-state index in [2.05, 4.69) is 21.4 Å². The number of benzene rings is 2. The van der Waals surface area contributed by atoms with E-state index in [4.69, 9.17) is 9.47 Å². The summed E-state index contributed by atoms with van der Waals surface area (Å²) >= 11 is 0. The highest BCUT2D eigenvalue weighted by Gasteiger charge is 2.16. The first-order valence-corrected chi connectivity index (χ1v) is 9.80. The molecule has 0 saturated carbocycles. The van der Waals surface area contributed by atoms with Gasteiger partial charge in [0.15, 0.2) is 17.3 Å². The Kier molecular flexibility index (Phi) is 5.41. The summed E-state index contributed by atoms with van der Waals surface area (Å²) in [6.07, 6.45) is 1.62. The van der Waals surface area contributed by atoms with E-state index in [1.54, 1.807) is 28.8 Å². The number of hydrogen-bond donors (Lipinski definition) is 1. The van der Waals surface area contributed by atoms with Crippen molar-refractivity contribution in [1.82, 2.24) is 14.4 Å². The van der Waals surface area contributed by atoms with E-state index >= 15 is 0 Å². The third-order valence-corrected chi connectivity index (χ3v) is 4.65. The third-order valence-electron chi connectivity index (χ3n) is 4.65. The maximum Gasteiger partial charge on any atom is 0.256 e. The third kappa shape index (κ3) is 3.98. The molecule has 0 radical (unpaired) electrons. The van der Waals surface area contributed by atoms with Gasteiger partial charge < -0.3 is 14.8 Å². The van der Waals surface area contributed by atoms with Crippen LogP contribution in [0, 0.1) is 17.2 Å². The molecule has 0 aliphatic rings. The molecule has 0 atom stereocenters. The molecule has 0 saturated heterocycles. The van der Waals surface area contributed by atoms with Gasteiger partial charge in [-0.15, -0.1) is 0 Å². The van der Waals surface area contributed by atoms with Crippen LogP contribution in [0.15, 0.2) is 48.7 Å². The van der Waals surface area contributed by atoms with Crippen LogP contribution in [0.5, 0.6) is 11.5 Å². The molecule has 8 nitrogen and oxygen atoms in total. The van der Waals surface area contributed by atoms with E-state index in [1.165, 1.54) is 7.11 Å². The van der Waals surface area contributed by atoms with E-state index in [0.29, 0.717) is 35.4 Å². The fraction of sp³-hybridized carbons (Fsp3) is 0.217. The summed E-state index contributed by atoms with van der Waals surface area (Å²) in [5.74, 6) is 1.50. The number of imidazole rings is 1. The van der Waals surface area contributed by atoms with Gasteiger partial charge in [-0.1, -0.05) is 26.0 Å². The van der Waals surface area contributed by atoms with Crippen molar-refractivity contribution >= 4 is 28.5 Å². The quantitative estimate of drug-likeness (QED) is 0.510. The molecular formula is C23H21N5O3. The highest BCUT2D eigenvalue weighted by atomic mass is 16.5. The average molecular weight is 415 g/mol. The fourth-order valence-electron chi connectivity index (χ4n) is 3.13. The van der Waals surface area contributed by atoms with E-state index < -0.39 is 5.91 Å². The molecule has 0 unspecified atom stereocenters. The second kappa shape index (κ2) is 8.32. The van der Waals surface area contributed by atoms with Crippen molar-refractivity contribution in [2.45, 2.75) is 13.8 Å². The Morgan fingerprint density at radius 2 is 2.00 bits per heavy atom. The summed E-state index contributed by atoms with van der Waals surface area (Å²) in [6, 6.07) is 14.5. The lowest BCUT2D eigenvalue weighted by atomic mass is 10.1. The molecule has 0 fully saturated rings. The van der Waals surface area contributed by atoms with E-state index in [1.807, 2.05) is 38.1 Å². The SMILES string of the molecule is COc1cc(C(=O)Nc2nc3nc4ccccc4n3cc2C#N)ccc1OCC(C)C. The van der Waals surface area contributed by atoms with E-state index in [0.717, 1.165) is 11.0 Å². The van der Waals surface area contributed by atoms with Crippen molar-refractivity contribution in [2.24, 2.45) is 5.92 Å². The minimum absolute atomic E-state index is 0.148. The number of nitrogens with one attached hydrogen (secondary N) is 1. The summed E-state index contributed by atoms with van der Waals surface area (Å²) in [7, 11) is 1.52. The van der Waals surface area contributed by atoms with Gasteiger partial charge in [-0.3, -0.25) is 9.20 Å². The highest BCUT2D eigenvalue weighted by Crippen LogP contribution is 2.29. The summed E-state index contributed by atoms with van der Waals surface area (Å²) in [6.45, 7) is 4.64. The van der Waals surface area contributed by atoms with Crippen LogP contribution >= 0.6 is 0 Å². The topological polar surface area (TPSA) is 102 Å². The molecule has 156 valence electrons. The summed E-state index contributed by atoms with van der Waals surface area (Å²) in [5, 5.41) is 12.3. The standard InChI is InChI=1S/C23H21N5O3/c1-14(2)13-31-19-9-8-15(10-20(19)30-3)22(29)26-21-16(11-24)12-28-18-7-5-4-6-17(18)25-23(28)27-21/h4-10,12,14H,13H2,1-3H3,(H,25,26,27,29). The van der Waals surface area contributed by atoms with Gasteiger partial charge in [0.1, 0.15) is 11.6 Å². The Hall–Kier alpha value is -4.12. The maximum absolute atomic E-state index is 12.9. The zero-order chi connectivity index (χ0) is 22.0. The highest BCUT2D eigenvalue weighted by molar-refractivity contribution is 6.05. The molecule has 8 heteroatoms. The van der Waals surface area contributed by atoms with Crippen LogP contribution in [0.25, 0.3) is 16.8 Å². The lowest BCUT2D eigenvalue weighted by Gasteiger charge is -2.13. The normalized spacial score (nSPS) is 10.9. The number of ether oxygens (including phenoxy) is 2. The molecule has 31 heavy (non-hydrogen) atoms. The van der Waals surface area contributed by atoms with Crippen molar-refractivity contribution in [3.05, 3.63) is 59.8 Å². The van der Waals surface area contributed by atoms with Crippen LogP contribution in [0.4, 0.5) is 5.82 Å². The van der Waals surface area contributed by atoms with Gasteiger partial charge in [-0.2, -0.15) is 10.2 Å². The Labute approximate surface area is 179 Å². The van der Waals surface area contributed by atoms with Crippen LogP contribution in [-0.2, 0) is 0 Å². The van der Waals surface area contributed by atoms with Gasteiger partial charge in [0.25, 0.3) is 5.91 Å². The second-order valence-corrected chi connectivity index (χ2v) is 7.41. The molecule has 2 aromatic heterocycles. The van der Waals surface area contributed by atoms with Crippen molar-refractivity contribution in [1.29, 1.82) is 5.26 Å². The minimum Gasteiger partial charge on any atom is -0.493 e. The number of para-hydroxylation sites is 2. The number of methoxy groups -OCH3 is 1. The number of anilines is 1.